The monoisotopic (exact) mass is 430 g/mol. The Kier molecular flexibility index (Phi) is 4.33. The second-order valence-corrected chi connectivity index (χ2v) is 5.93. The molecule has 0 atom stereocenters. The highest BCUT2D eigenvalue weighted by atomic mass is 35.5. The van der Waals surface area contributed by atoms with E-state index in [0.717, 1.165) is 12.1 Å². The molecule has 2 aromatic heterocycles. The van der Waals surface area contributed by atoms with E-state index in [1.54, 1.807) is 0 Å². The summed E-state index contributed by atoms with van der Waals surface area (Å²) >= 11 is 5.69. The molecule has 0 spiro atoms. The van der Waals surface area contributed by atoms with Crippen molar-refractivity contribution in [2.24, 2.45) is 7.05 Å². The van der Waals surface area contributed by atoms with Crippen molar-refractivity contribution in [3.05, 3.63) is 55.6 Å². The maximum atomic E-state index is 14.1. The number of benzene rings is 1. The first-order valence-electron chi connectivity index (χ1n) is 7.10. The highest BCUT2D eigenvalue weighted by Gasteiger charge is 2.40. The molecule has 0 radical (unpaired) electrons. The molecule has 0 amide bonds. The summed E-state index contributed by atoms with van der Waals surface area (Å²) < 4.78 is 91.9. The van der Waals surface area contributed by atoms with Gasteiger partial charge in [-0.15, -0.1) is 0 Å². The Hall–Kier alpha value is -2.83. The lowest BCUT2D eigenvalue weighted by molar-refractivity contribution is -0.150. The minimum atomic E-state index is -5.25. The number of hydrogen-bond donors (Lipinski definition) is 0. The SMILES string of the molecule is Cn1c(C(F)(F)F)cc(=O)n(-c2ccc(Cl)c3c2nc(C(F)(F)F)n3F)c1=O. The minimum Gasteiger partial charge on any atom is -0.292 e. The first-order valence-corrected chi connectivity index (χ1v) is 7.48. The quantitative estimate of drug-likeness (QED) is 0.557. The summed E-state index contributed by atoms with van der Waals surface area (Å²) in [5.74, 6) is -2.02. The lowest BCUT2D eigenvalue weighted by Crippen LogP contribution is -2.40. The summed E-state index contributed by atoms with van der Waals surface area (Å²) in [6.07, 6.45) is -10.3. The molecule has 0 N–H and O–H groups in total. The summed E-state index contributed by atoms with van der Waals surface area (Å²) in [5.41, 5.74) is -7.00. The van der Waals surface area contributed by atoms with Gasteiger partial charge in [0.05, 0.1) is 10.7 Å². The van der Waals surface area contributed by atoms with Crippen LogP contribution in [0.15, 0.2) is 27.8 Å². The first kappa shape index (κ1) is 19.9. The van der Waals surface area contributed by atoms with Crippen LogP contribution in [0.1, 0.15) is 11.5 Å². The fraction of sp³-hybridized carbons (Fsp3) is 0.214. The number of fused-ring (bicyclic) bond motifs is 1. The molecule has 28 heavy (non-hydrogen) atoms. The van der Waals surface area contributed by atoms with Crippen LogP contribution in [0.4, 0.5) is 30.8 Å². The van der Waals surface area contributed by atoms with Crippen molar-refractivity contribution in [3.63, 3.8) is 0 Å². The van der Waals surface area contributed by atoms with E-state index in [1.165, 1.54) is 0 Å². The standard InChI is InChI=1S/C14H6ClF7N4O2/c1-24-7(13(16,17)18)4-8(27)25(12(24)28)6-3-2-5(15)10-9(6)23-11(26(10)22)14(19,20)21/h2-4H,1H3. The zero-order chi connectivity index (χ0) is 21.2. The van der Waals surface area contributed by atoms with E-state index in [0.29, 0.717) is 7.05 Å². The summed E-state index contributed by atoms with van der Waals surface area (Å²) in [7, 11) is 0.711. The van der Waals surface area contributed by atoms with Gasteiger partial charge in [-0.3, -0.25) is 9.36 Å². The molecule has 0 aliphatic heterocycles. The molecular formula is C14H6ClF7N4O2. The van der Waals surface area contributed by atoms with Gasteiger partial charge < -0.3 is 0 Å². The molecule has 0 saturated heterocycles. The van der Waals surface area contributed by atoms with Gasteiger partial charge in [-0.2, -0.15) is 31.1 Å². The van der Waals surface area contributed by atoms with Gasteiger partial charge in [0.1, 0.15) is 16.7 Å². The molecule has 0 unspecified atom stereocenters. The summed E-state index contributed by atoms with van der Waals surface area (Å²) in [6.45, 7) is 0. The number of hydrogen-bond acceptors (Lipinski definition) is 3. The maximum Gasteiger partial charge on any atom is 0.452 e. The number of nitrogens with zero attached hydrogens (tertiary/aromatic N) is 4. The molecule has 150 valence electrons. The van der Waals surface area contributed by atoms with E-state index in [1.807, 2.05) is 0 Å². The van der Waals surface area contributed by atoms with Gasteiger partial charge in [0, 0.05) is 13.1 Å². The Labute approximate surface area is 153 Å². The van der Waals surface area contributed by atoms with Gasteiger partial charge in [-0.25, -0.2) is 14.3 Å². The van der Waals surface area contributed by atoms with Crippen LogP contribution in [-0.4, -0.2) is 18.9 Å². The Balaban J connectivity index is 2.44. The normalized spacial score (nSPS) is 12.8. The molecule has 14 heteroatoms. The highest BCUT2D eigenvalue weighted by molar-refractivity contribution is 6.35. The second kappa shape index (κ2) is 6.09. The largest absolute Gasteiger partial charge is 0.452 e. The minimum absolute atomic E-state index is 0.0823. The van der Waals surface area contributed by atoms with Crippen molar-refractivity contribution in [2.45, 2.75) is 12.4 Å². The lowest BCUT2D eigenvalue weighted by Gasteiger charge is -2.14. The molecule has 3 aromatic rings. The Morgan fingerprint density at radius 1 is 1.04 bits per heavy atom. The number of rotatable bonds is 1. The van der Waals surface area contributed by atoms with Gasteiger partial charge in [0.25, 0.3) is 5.56 Å². The van der Waals surface area contributed by atoms with Crippen LogP contribution in [0, 0.1) is 0 Å². The predicted octanol–water partition coefficient (Wildman–Crippen LogP) is 3.31. The van der Waals surface area contributed by atoms with Crippen LogP contribution in [0.3, 0.4) is 0 Å². The molecule has 6 nitrogen and oxygen atoms in total. The maximum absolute atomic E-state index is 14.1. The third-order valence-corrected chi connectivity index (χ3v) is 4.09. The van der Waals surface area contributed by atoms with Crippen LogP contribution < -0.4 is 11.2 Å². The van der Waals surface area contributed by atoms with E-state index in [4.69, 9.17) is 11.6 Å². The fourth-order valence-corrected chi connectivity index (χ4v) is 2.80. The number of halogens is 8. The van der Waals surface area contributed by atoms with Gasteiger partial charge in [0.15, 0.2) is 0 Å². The van der Waals surface area contributed by atoms with E-state index in [2.05, 4.69) is 4.98 Å². The first-order chi connectivity index (χ1) is 12.7. The van der Waals surface area contributed by atoms with Gasteiger partial charge in [-0.1, -0.05) is 16.1 Å². The van der Waals surface area contributed by atoms with Gasteiger partial charge in [-0.05, 0) is 12.1 Å². The van der Waals surface area contributed by atoms with Crippen molar-refractivity contribution in [1.29, 1.82) is 0 Å². The molecule has 1 aromatic carbocycles. The summed E-state index contributed by atoms with van der Waals surface area (Å²) in [4.78, 5) is 26.6. The molecule has 0 saturated carbocycles. The molecular weight excluding hydrogens is 425 g/mol. The molecule has 2 heterocycles. The van der Waals surface area contributed by atoms with Crippen molar-refractivity contribution in [3.8, 4) is 5.69 Å². The average molecular weight is 431 g/mol. The number of aromatic nitrogens is 4. The topological polar surface area (TPSA) is 61.8 Å². The number of alkyl halides is 6. The fourth-order valence-electron chi connectivity index (χ4n) is 2.57. The van der Waals surface area contributed by atoms with E-state index < -0.39 is 61.7 Å². The molecule has 3 rings (SSSR count). The third kappa shape index (κ3) is 2.95. The summed E-state index contributed by atoms with van der Waals surface area (Å²) in [5, 5.41) is -0.527. The van der Waals surface area contributed by atoms with Crippen LogP contribution in [0.2, 0.25) is 5.02 Å². The zero-order valence-electron chi connectivity index (χ0n) is 13.4. The second-order valence-electron chi connectivity index (χ2n) is 5.52. The van der Waals surface area contributed by atoms with Crippen LogP contribution >= 0.6 is 11.6 Å². The van der Waals surface area contributed by atoms with E-state index in [-0.39, 0.29) is 15.2 Å². The zero-order valence-corrected chi connectivity index (χ0v) is 14.1. The van der Waals surface area contributed by atoms with Crippen molar-refractivity contribution >= 4 is 22.6 Å². The molecule has 0 aliphatic rings. The molecule has 0 bridgehead atoms. The number of imidazole rings is 1. The van der Waals surface area contributed by atoms with Crippen molar-refractivity contribution < 1.29 is 30.8 Å². The summed E-state index contributed by atoms with van der Waals surface area (Å²) in [6, 6.07) is 1.83. The Bertz CT molecular complexity index is 1220. The predicted molar refractivity (Wildman–Crippen MR) is 82.1 cm³/mol. The third-order valence-electron chi connectivity index (χ3n) is 3.79. The van der Waals surface area contributed by atoms with Gasteiger partial charge >= 0.3 is 18.0 Å². The molecule has 0 aliphatic carbocycles. The van der Waals surface area contributed by atoms with E-state index >= 15 is 0 Å². The Morgan fingerprint density at radius 3 is 2.18 bits per heavy atom. The molecule has 0 fully saturated rings. The lowest BCUT2D eigenvalue weighted by atomic mass is 10.2. The van der Waals surface area contributed by atoms with Gasteiger partial charge in [0.2, 0.25) is 5.82 Å². The van der Waals surface area contributed by atoms with Crippen molar-refractivity contribution in [1.82, 2.24) is 18.9 Å². The van der Waals surface area contributed by atoms with Crippen LogP contribution in [0.5, 0.6) is 0 Å². The highest BCUT2D eigenvalue weighted by Crippen LogP contribution is 2.36. The van der Waals surface area contributed by atoms with E-state index in [9.17, 15) is 40.4 Å². The smallest absolute Gasteiger partial charge is 0.292 e. The van der Waals surface area contributed by atoms with Crippen molar-refractivity contribution in [2.75, 3.05) is 0 Å². The Morgan fingerprint density at radius 2 is 1.64 bits per heavy atom. The van der Waals surface area contributed by atoms with Crippen LogP contribution in [-0.2, 0) is 19.4 Å². The van der Waals surface area contributed by atoms with Crippen LogP contribution in [0.25, 0.3) is 16.7 Å². The average Bonchev–Trinajstić information content (AvgIpc) is 2.90.